The fourth-order valence-electron chi connectivity index (χ4n) is 2.12. The number of esters is 1. The second kappa shape index (κ2) is 7.85. The van der Waals surface area contributed by atoms with Crippen LogP contribution in [0.3, 0.4) is 0 Å². The molecular weight excluding hydrogens is 340 g/mol. The minimum Gasteiger partial charge on any atom is -0.497 e. The van der Waals surface area contributed by atoms with Crippen molar-refractivity contribution in [2.75, 3.05) is 14.2 Å². The predicted molar refractivity (Wildman–Crippen MR) is 93.6 cm³/mol. The molecule has 1 aromatic carbocycles. The third-order valence-corrected chi connectivity index (χ3v) is 4.38. The van der Waals surface area contributed by atoms with Crippen LogP contribution in [-0.2, 0) is 10.5 Å². The number of methoxy groups -OCH3 is 2. The Labute approximate surface area is 149 Å². The van der Waals surface area contributed by atoms with Gasteiger partial charge in [-0.25, -0.2) is 4.79 Å². The average molecular weight is 356 g/mol. The summed E-state index contributed by atoms with van der Waals surface area (Å²) < 4.78 is 15.2. The zero-order valence-corrected chi connectivity index (χ0v) is 14.6. The number of nitrogens with zero attached hydrogens (tertiary/aromatic N) is 2. The normalized spacial score (nSPS) is 10.5. The number of furan rings is 1. The van der Waals surface area contributed by atoms with Crippen molar-refractivity contribution in [2.45, 2.75) is 10.8 Å². The van der Waals surface area contributed by atoms with Crippen molar-refractivity contribution in [3.8, 4) is 17.0 Å². The fraction of sp³-hybridized carbons (Fsp3) is 0.167. The molecule has 0 bridgehead atoms. The van der Waals surface area contributed by atoms with Crippen LogP contribution in [0.15, 0.2) is 58.0 Å². The van der Waals surface area contributed by atoms with Crippen LogP contribution < -0.4 is 4.74 Å². The standard InChI is InChI=1S/C18H16N2O4S/c1-22-13-5-3-12(4-6-13)15-8-10-17(20-19-15)25-11-14-7-9-16(24-14)18(21)23-2/h3-10H,11H2,1-2H3. The molecular formula is C18H16N2O4S. The first-order valence-corrected chi connectivity index (χ1v) is 8.46. The number of hydrogen-bond donors (Lipinski definition) is 0. The number of rotatable bonds is 6. The lowest BCUT2D eigenvalue weighted by Gasteiger charge is -2.03. The topological polar surface area (TPSA) is 74.5 Å². The Balaban J connectivity index is 1.62. The highest BCUT2D eigenvalue weighted by molar-refractivity contribution is 7.98. The number of thioether (sulfide) groups is 1. The van der Waals surface area contributed by atoms with Gasteiger partial charge in [-0.15, -0.1) is 10.2 Å². The minimum atomic E-state index is -0.486. The Bertz CT molecular complexity index is 844. The summed E-state index contributed by atoms with van der Waals surface area (Å²) in [5.74, 6) is 1.73. The number of carbonyl (C=O) groups excluding carboxylic acids is 1. The van der Waals surface area contributed by atoms with Crippen LogP contribution in [0.5, 0.6) is 5.75 Å². The number of aromatic nitrogens is 2. The van der Waals surface area contributed by atoms with Gasteiger partial charge < -0.3 is 13.9 Å². The van der Waals surface area contributed by atoms with Crippen molar-refractivity contribution in [1.82, 2.24) is 10.2 Å². The SMILES string of the molecule is COC(=O)c1ccc(CSc2ccc(-c3ccc(OC)cc3)nn2)o1. The van der Waals surface area contributed by atoms with Crippen molar-refractivity contribution in [1.29, 1.82) is 0 Å². The lowest BCUT2D eigenvalue weighted by molar-refractivity contribution is 0.0563. The van der Waals surface area contributed by atoms with E-state index in [-0.39, 0.29) is 5.76 Å². The zero-order valence-electron chi connectivity index (χ0n) is 13.8. The molecule has 0 atom stereocenters. The second-order valence-corrected chi connectivity index (χ2v) is 6.03. The van der Waals surface area contributed by atoms with Crippen LogP contribution >= 0.6 is 11.8 Å². The van der Waals surface area contributed by atoms with Gasteiger partial charge in [-0.1, -0.05) is 11.8 Å². The molecule has 6 nitrogen and oxygen atoms in total. The summed E-state index contributed by atoms with van der Waals surface area (Å²) in [5, 5.41) is 9.24. The average Bonchev–Trinajstić information content (AvgIpc) is 3.15. The Morgan fingerprint density at radius 1 is 1.04 bits per heavy atom. The lowest BCUT2D eigenvalue weighted by Crippen LogP contribution is -1.98. The molecule has 0 radical (unpaired) electrons. The van der Waals surface area contributed by atoms with Crippen molar-refractivity contribution in [2.24, 2.45) is 0 Å². The van der Waals surface area contributed by atoms with E-state index in [1.807, 2.05) is 36.4 Å². The molecule has 3 rings (SSSR count). The molecule has 0 saturated heterocycles. The monoisotopic (exact) mass is 356 g/mol. The van der Waals surface area contributed by atoms with Crippen molar-refractivity contribution in [3.63, 3.8) is 0 Å². The number of hydrogen-bond acceptors (Lipinski definition) is 7. The maximum absolute atomic E-state index is 11.4. The predicted octanol–water partition coefficient (Wildman–Crippen LogP) is 3.82. The number of carbonyl (C=O) groups is 1. The van der Waals surface area contributed by atoms with E-state index in [1.54, 1.807) is 19.2 Å². The Morgan fingerprint density at radius 2 is 1.84 bits per heavy atom. The Kier molecular flexibility index (Phi) is 5.35. The van der Waals surface area contributed by atoms with Gasteiger partial charge in [-0.3, -0.25) is 0 Å². The van der Waals surface area contributed by atoms with E-state index in [0.717, 1.165) is 22.0 Å². The maximum atomic E-state index is 11.4. The molecule has 7 heteroatoms. The van der Waals surface area contributed by atoms with E-state index in [0.29, 0.717) is 11.5 Å². The van der Waals surface area contributed by atoms with E-state index in [9.17, 15) is 4.79 Å². The highest BCUT2D eigenvalue weighted by Crippen LogP contribution is 2.24. The van der Waals surface area contributed by atoms with Crippen LogP contribution in [0.4, 0.5) is 0 Å². The first kappa shape index (κ1) is 17.0. The fourth-order valence-corrected chi connectivity index (χ4v) is 2.83. The number of ether oxygens (including phenoxy) is 2. The molecule has 3 aromatic rings. The third-order valence-electron chi connectivity index (χ3n) is 3.44. The maximum Gasteiger partial charge on any atom is 0.373 e. The van der Waals surface area contributed by atoms with Gasteiger partial charge in [0.15, 0.2) is 0 Å². The van der Waals surface area contributed by atoms with Crippen LogP contribution in [0.1, 0.15) is 16.3 Å². The second-order valence-electron chi connectivity index (χ2n) is 5.03. The van der Waals surface area contributed by atoms with Crippen LogP contribution in [-0.4, -0.2) is 30.4 Å². The summed E-state index contributed by atoms with van der Waals surface area (Å²) in [6.07, 6.45) is 0. The van der Waals surface area contributed by atoms with Gasteiger partial charge >= 0.3 is 5.97 Å². The molecule has 0 saturated carbocycles. The van der Waals surface area contributed by atoms with Gasteiger partial charge in [-0.05, 0) is 48.5 Å². The Hall–Kier alpha value is -2.80. The molecule has 0 aliphatic carbocycles. The summed E-state index contributed by atoms with van der Waals surface area (Å²) in [5.41, 5.74) is 1.76. The zero-order chi connectivity index (χ0) is 17.6. The third kappa shape index (κ3) is 4.19. The molecule has 0 amide bonds. The van der Waals surface area contributed by atoms with Crippen LogP contribution in [0.25, 0.3) is 11.3 Å². The van der Waals surface area contributed by atoms with Crippen LogP contribution in [0.2, 0.25) is 0 Å². The molecule has 0 aliphatic heterocycles. The van der Waals surface area contributed by atoms with E-state index in [4.69, 9.17) is 9.15 Å². The van der Waals surface area contributed by atoms with E-state index in [2.05, 4.69) is 14.9 Å². The van der Waals surface area contributed by atoms with Crippen molar-refractivity contribution in [3.05, 3.63) is 60.1 Å². The van der Waals surface area contributed by atoms with Gasteiger partial charge in [0.25, 0.3) is 0 Å². The summed E-state index contributed by atoms with van der Waals surface area (Å²) >= 11 is 1.48. The summed E-state index contributed by atoms with van der Waals surface area (Å²) in [7, 11) is 2.95. The van der Waals surface area contributed by atoms with Gasteiger partial charge in [0, 0.05) is 5.56 Å². The molecule has 25 heavy (non-hydrogen) atoms. The molecule has 0 spiro atoms. The quantitative estimate of drug-likeness (QED) is 0.491. The van der Waals surface area contributed by atoms with Crippen molar-refractivity contribution < 1.29 is 18.7 Å². The highest BCUT2D eigenvalue weighted by Gasteiger charge is 2.11. The first-order valence-electron chi connectivity index (χ1n) is 7.47. The molecule has 128 valence electrons. The molecule has 0 unspecified atom stereocenters. The van der Waals surface area contributed by atoms with Gasteiger partial charge in [0.1, 0.15) is 16.5 Å². The molecule has 0 aliphatic rings. The smallest absolute Gasteiger partial charge is 0.373 e. The summed E-state index contributed by atoms with van der Waals surface area (Å²) in [6, 6.07) is 14.8. The molecule has 2 aromatic heterocycles. The minimum absolute atomic E-state index is 0.194. The van der Waals surface area contributed by atoms with Crippen molar-refractivity contribution >= 4 is 17.7 Å². The van der Waals surface area contributed by atoms with E-state index in [1.165, 1.54) is 18.9 Å². The van der Waals surface area contributed by atoms with Gasteiger partial charge in [0.05, 0.1) is 25.7 Å². The summed E-state index contributed by atoms with van der Waals surface area (Å²) in [4.78, 5) is 11.4. The number of benzene rings is 1. The van der Waals surface area contributed by atoms with Gasteiger partial charge in [-0.2, -0.15) is 0 Å². The van der Waals surface area contributed by atoms with Gasteiger partial charge in [0.2, 0.25) is 5.76 Å². The highest BCUT2D eigenvalue weighted by atomic mass is 32.2. The first-order chi connectivity index (χ1) is 12.2. The largest absolute Gasteiger partial charge is 0.497 e. The van der Waals surface area contributed by atoms with Crippen LogP contribution in [0, 0.1) is 0 Å². The Morgan fingerprint density at radius 3 is 2.48 bits per heavy atom. The lowest BCUT2D eigenvalue weighted by atomic mass is 10.1. The molecule has 0 N–H and O–H groups in total. The van der Waals surface area contributed by atoms with E-state index < -0.39 is 5.97 Å². The molecule has 0 fully saturated rings. The molecule has 2 heterocycles. The summed E-state index contributed by atoms with van der Waals surface area (Å²) in [6.45, 7) is 0. The van der Waals surface area contributed by atoms with E-state index >= 15 is 0 Å².